The maximum atomic E-state index is 12.5. The summed E-state index contributed by atoms with van der Waals surface area (Å²) in [5.41, 5.74) is 1.22. The van der Waals surface area contributed by atoms with Crippen LogP contribution in [0, 0.1) is 0 Å². The third-order valence-corrected chi connectivity index (χ3v) is 6.29. The largest absolute Gasteiger partial charge is 0.383 e. The Labute approximate surface area is 165 Å². The van der Waals surface area contributed by atoms with Gasteiger partial charge in [0.15, 0.2) is 14.6 Å². The molecule has 1 amide bonds. The zero-order valence-electron chi connectivity index (χ0n) is 14.7. The van der Waals surface area contributed by atoms with Crippen molar-refractivity contribution in [3.8, 4) is 0 Å². The van der Waals surface area contributed by atoms with Gasteiger partial charge in [-0.05, 0) is 42.5 Å². The smallest absolute Gasteiger partial charge is 0.279 e. The van der Waals surface area contributed by atoms with Gasteiger partial charge >= 0.3 is 0 Å². The fraction of sp³-hybridized carbons (Fsp3) is 0.222. The molecule has 6 nitrogen and oxygen atoms in total. The van der Waals surface area contributed by atoms with Crippen molar-refractivity contribution >= 4 is 48.9 Å². The number of carbonyl (C=O) groups is 1. The van der Waals surface area contributed by atoms with E-state index in [-0.39, 0.29) is 4.90 Å². The number of halogens is 1. The summed E-state index contributed by atoms with van der Waals surface area (Å²) in [6.07, 6.45) is 1.16. The van der Waals surface area contributed by atoms with Gasteiger partial charge in [-0.2, -0.15) is 4.99 Å². The summed E-state index contributed by atoms with van der Waals surface area (Å²) in [7, 11) is -1.73. The first-order valence-corrected chi connectivity index (χ1v) is 11.0. The normalized spacial score (nSPS) is 12.6. The van der Waals surface area contributed by atoms with Crippen LogP contribution in [0.5, 0.6) is 0 Å². The third-order valence-electron chi connectivity index (χ3n) is 3.89. The summed E-state index contributed by atoms with van der Waals surface area (Å²) in [5.74, 6) is -0.396. The van der Waals surface area contributed by atoms with Gasteiger partial charge in [0.1, 0.15) is 0 Å². The summed E-state index contributed by atoms with van der Waals surface area (Å²) < 4.78 is 31.4. The molecule has 3 rings (SSSR count). The Hall–Kier alpha value is -2.00. The van der Waals surface area contributed by atoms with Crippen molar-refractivity contribution in [3.63, 3.8) is 0 Å². The minimum Gasteiger partial charge on any atom is -0.383 e. The van der Waals surface area contributed by atoms with Gasteiger partial charge in [-0.15, -0.1) is 0 Å². The maximum absolute atomic E-state index is 12.5. The molecule has 0 fully saturated rings. The SMILES string of the molecule is COCCn1c(=NC(=O)c2ccc(Cl)cc2)sc2cc(S(C)(=O)=O)ccc21. The van der Waals surface area contributed by atoms with Crippen LogP contribution in [-0.4, -0.2) is 38.9 Å². The second kappa shape index (κ2) is 7.93. The van der Waals surface area contributed by atoms with Crippen LogP contribution in [0.1, 0.15) is 10.4 Å². The molecule has 0 radical (unpaired) electrons. The molecule has 0 N–H and O–H groups in total. The molecule has 0 unspecified atom stereocenters. The van der Waals surface area contributed by atoms with Crippen LogP contribution in [0.15, 0.2) is 52.4 Å². The topological polar surface area (TPSA) is 77.7 Å². The molecule has 0 aliphatic carbocycles. The fourth-order valence-electron chi connectivity index (χ4n) is 2.51. The van der Waals surface area contributed by atoms with E-state index in [1.165, 1.54) is 11.3 Å². The molecule has 0 aliphatic rings. The molecule has 0 bridgehead atoms. The highest BCUT2D eigenvalue weighted by Crippen LogP contribution is 2.22. The number of aromatic nitrogens is 1. The number of thiazole rings is 1. The molecule has 0 saturated carbocycles. The van der Waals surface area contributed by atoms with Crippen LogP contribution in [0.3, 0.4) is 0 Å². The average molecular weight is 425 g/mol. The Bertz CT molecular complexity index is 1160. The van der Waals surface area contributed by atoms with Crippen LogP contribution < -0.4 is 4.80 Å². The second-order valence-corrected chi connectivity index (χ2v) is 9.32. The molecule has 1 heterocycles. The van der Waals surface area contributed by atoms with E-state index < -0.39 is 15.7 Å². The van der Waals surface area contributed by atoms with Crippen molar-refractivity contribution in [2.24, 2.45) is 4.99 Å². The van der Waals surface area contributed by atoms with Gasteiger partial charge in [0.25, 0.3) is 5.91 Å². The molecule has 142 valence electrons. The number of hydrogen-bond acceptors (Lipinski definition) is 5. The monoisotopic (exact) mass is 424 g/mol. The number of amides is 1. The molecular weight excluding hydrogens is 408 g/mol. The Morgan fingerprint density at radius 1 is 1.22 bits per heavy atom. The Morgan fingerprint density at radius 3 is 2.56 bits per heavy atom. The first-order chi connectivity index (χ1) is 12.8. The van der Waals surface area contributed by atoms with E-state index in [0.29, 0.717) is 28.5 Å². The summed E-state index contributed by atoms with van der Waals surface area (Å²) in [6.45, 7) is 0.920. The second-order valence-electron chi connectivity index (χ2n) is 5.85. The molecular formula is C18H17ClN2O4S2. The number of carbonyl (C=O) groups excluding carboxylic acids is 1. The van der Waals surface area contributed by atoms with E-state index in [0.717, 1.165) is 16.5 Å². The third kappa shape index (κ3) is 4.47. The van der Waals surface area contributed by atoms with E-state index in [4.69, 9.17) is 16.3 Å². The quantitative estimate of drug-likeness (QED) is 0.630. The van der Waals surface area contributed by atoms with Crippen molar-refractivity contribution in [2.75, 3.05) is 20.0 Å². The van der Waals surface area contributed by atoms with Crippen molar-refractivity contribution in [3.05, 3.63) is 57.9 Å². The highest BCUT2D eigenvalue weighted by atomic mass is 35.5. The van der Waals surface area contributed by atoms with Crippen molar-refractivity contribution in [2.45, 2.75) is 11.4 Å². The molecule has 9 heteroatoms. The van der Waals surface area contributed by atoms with Gasteiger partial charge in [0.2, 0.25) is 0 Å². The number of ether oxygens (including phenoxy) is 1. The van der Waals surface area contributed by atoms with Crippen LogP contribution in [0.25, 0.3) is 10.2 Å². The lowest BCUT2D eigenvalue weighted by molar-refractivity contribution is 0.0997. The van der Waals surface area contributed by atoms with Gasteiger partial charge < -0.3 is 9.30 Å². The minimum absolute atomic E-state index is 0.228. The van der Waals surface area contributed by atoms with Crippen molar-refractivity contribution in [1.82, 2.24) is 4.57 Å². The molecule has 3 aromatic rings. The Balaban J connectivity index is 2.14. The number of methoxy groups -OCH3 is 1. The molecule has 0 spiro atoms. The van der Waals surface area contributed by atoms with E-state index in [1.54, 1.807) is 49.6 Å². The lowest BCUT2D eigenvalue weighted by atomic mass is 10.2. The lowest BCUT2D eigenvalue weighted by Gasteiger charge is -2.05. The number of nitrogens with zero attached hydrogens (tertiary/aromatic N) is 2. The summed E-state index contributed by atoms with van der Waals surface area (Å²) in [6, 6.07) is 11.4. The van der Waals surface area contributed by atoms with Crippen LogP contribution in [0.4, 0.5) is 0 Å². The molecule has 0 saturated heterocycles. The number of sulfone groups is 1. The van der Waals surface area contributed by atoms with Gasteiger partial charge in [-0.3, -0.25) is 4.79 Å². The maximum Gasteiger partial charge on any atom is 0.279 e. The summed E-state index contributed by atoms with van der Waals surface area (Å²) >= 11 is 7.12. The molecule has 0 atom stereocenters. The highest BCUT2D eigenvalue weighted by molar-refractivity contribution is 7.90. The molecule has 1 aromatic heterocycles. The Morgan fingerprint density at radius 2 is 1.93 bits per heavy atom. The summed E-state index contributed by atoms with van der Waals surface area (Å²) in [4.78, 5) is 17.5. The predicted molar refractivity (Wildman–Crippen MR) is 106 cm³/mol. The van der Waals surface area contributed by atoms with Gasteiger partial charge in [0, 0.05) is 30.5 Å². The highest BCUT2D eigenvalue weighted by Gasteiger charge is 2.13. The van der Waals surface area contributed by atoms with Crippen LogP contribution in [-0.2, 0) is 21.1 Å². The van der Waals surface area contributed by atoms with E-state index in [2.05, 4.69) is 4.99 Å². The van der Waals surface area contributed by atoms with Crippen LogP contribution in [0.2, 0.25) is 5.02 Å². The standard InChI is InChI=1S/C18H17ClN2O4S2/c1-25-10-9-21-15-8-7-14(27(2,23)24)11-16(15)26-18(21)20-17(22)12-3-5-13(19)6-4-12/h3-8,11H,9-10H2,1-2H3. The zero-order valence-corrected chi connectivity index (χ0v) is 17.1. The summed E-state index contributed by atoms with van der Waals surface area (Å²) in [5, 5.41) is 0.539. The average Bonchev–Trinajstić information content (AvgIpc) is 2.96. The number of rotatable bonds is 5. The van der Waals surface area contributed by atoms with Crippen molar-refractivity contribution < 1.29 is 17.9 Å². The van der Waals surface area contributed by atoms with E-state index in [1.807, 2.05) is 4.57 Å². The van der Waals surface area contributed by atoms with Gasteiger partial charge in [-0.25, -0.2) is 8.42 Å². The number of fused-ring (bicyclic) bond motifs is 1. The number of benzene rings is 2. The van der Waals surface area contributed by atoms with Crippen LogP contribution >= 0.6 is 22.9 Å². The van der Waals surface area contributed by atoms with E-state index >= 15 is 0 Å². The van der Waals surface area contributed by atoms with Crippen molar-refractivity contribution in [1.29, 1.82) is 0 Å². The van der Waals surface area contributed by atoms with Gasteiger partial charge in [0.05, 0.1) is 21.7 Å². The first kappa shape index (κ1) is 19.8. The zero-order chi connectivity index (χ0) is 19.6. The number of hydrogen-bond donors (Lipinski definition) is 0. The van der Waals surface area contributed by atoms with Gasteiger partial charge in [-0.1, -0.05) is 22.9 Å². The molecule has 2 aromatic carbocycles. The first-order valence-electron chi connectivity index (χ1n) is 7.96. The predicted octanol–water partition coefficient (Wildman–Crippen LogP) is 3.15. The minimum atomic E-state index is -3.32. The lowest BCUT2D eigenvalue weighted by Crippen LogP contribution is -2.19. The molecule has 27 heavy (non-hydrogen) atoms. The fourth-order valence-corrected chi connectivity index (χ4v) is 4.45. The molecule has 0 aliphatic heterocycles. The van der Waals surface area contributed by atoms with E-state index in [9.17, 15) is 13.2 Å². The Kier molecular flexibility index (Phi) is 5.81.